The largest absolute Gasteiger partial charge is 0.507 e. The van der Waals surface area contributed by atoms with Crippen LogP contribution in [0.1, 0.15) is 37.2 Å². The highest BCUT2D eigenvalue weighted by Gasteiger charge is 2.26. The monoisotopic (exact) mass is 242 g/mol. The first-order valence-corrected chi connectivity index (χ1v) is 6.66. The summed E-state index contributed by atoms with van der Waals surface area (Å²) < 4.78 is 0. The van der Waals surface area contributed by atoms with Crippen molar-refractivity contribution in [1.82, 2.24) is 0 Å². The van der Waals surface area contributed by atoms with Crippen LogP contribution in [0.25, 0.3) is 10.8 Å². The van der Waals surface area contributed by atoms with Crippen molar-refractivity contribution in [2.75, 3.05) is 0 Å². The highest BCUT2D eigenvalue weighted by molar-refractivity contribution is 5.91. The summed E-state index contributed by atoms with van der Waals surface area (Å²) in [6, 6.07) is 11.6. The average Bonchev–Trinajstić information content (AvgIpc) is 2.41. The first-order valence-electron chi connectivity index (χ1n) is 6.66. The number of hydrogen-bond acceptors (Lipinski definition) is 2. The van der Waals surface area contributed by atoms with Gasteiger partial charge in [0.25, 0.3) is 0 Å². The minimum absolute atomic E-state index is 0.212. The van der Waals surface area contributed by atoms with Crippen LogP contribution < -0.4 is 0 Å². The molecule has 18 heavy (non-hydrogen) atoms. The van der Waals surface area contributed by atoms with E-state index in [9.17, 15) is 10.2 Å². The minimum atomic E-state index is -0.244. The number of aliphatic hydroxyl groups is 1. The van der Waals surface area contributed by atoms with Gasteiger partial charge in [-0.1, -0.05) is 43.2 Å². The summed E-state index contributed by atoms with van der Waals surface area (Å²) in [6.45, 7) is 0. The Hall–Kier alpha value is -1.54. The molecule has 2 unspecified atom stereocenters. The van der Waals surface area contributed by atoms with Crippen LogP contribution in [0.4, 0.5) is 0 Å². The molecule has 2 aromatic carbocycles. The summed E-state index contributed by atoms with van der Waals surface area (Å²) in [4.78, 5) is 0. The molecule has 0 bridgehead atoms. The lowest BCUT2D eigenvalue weighted by Crippen LogP contribution is -2.22. The zero-order valence-electron chi connectivity index (χ0n) is 10.3. The molecule has 0 spiro atoms. The second-order valence-corrected chi connectivity index (χ2v) is 5.18. The fraction of sp³-hybridized carbons (Fsp3) is 0.375. The lowest BCUT2D eigenvalue weighted by molar-refractivity contribution is 0.107. The van der Waals surface area contributed by atoms with Crippen LogP contribution in [-0.4, -0.2) is 16.3 Å². The Morgan fingerprint density at radius 1 is 0.889 bits per heavy atom. The number of rotatable bonds is 1. The Labute approximate surface area is 107 Å². The van der Waals surface area contributed by atoms with Crippen LogP contribution in [-0.2, 0) is 0 Å². The van der Waals surface area contributed by atoms with Gasteiger partial charge in [-0.25, -0.2) is 0 Å². The Morgan fingerprint density at radius 3 is 2.39 bits per heavy atom. The van der Waals surface area contributed by atoms with E-state index in [2.05, 4.69) is 0 Å². The molecule has 0 heterocycles. The number of benzene rings is 2. The van der Waals surface area contributed by atoms with Crippen LogP contribution in [0.5, 0.6) is 5.75 Å². The van der Waals surface area contributed by atoms with Crippen LogP contribution in [0, 0.1) is 0 Å². The molecule has 0 amide bonds. The predicted octanol–water partition coefficient (Wildman–Crippen LogP) is 3.56. The maximum atomic E-state index is 10.2. The van der Waals surface area contributed by atoms with Gasteiger partial charge in [-0.3, -0.25) is 0 Å². The van der Waals surface area contributed by atoms with Gasteiger partial charge in [0.2, 0.25) is 0 Å². The first kappa shape index (κ1) is 11.5. The van der Waals surface area contributed by atoms with Gasteiger partial charge in [0.15, 0.2) is 0 Å². The van der Waals surface area contributed by atoms with Gasteiger partial charge >= 0.3 is 0 Å². The third-order valence-electron chi connectivity index (χ3n) is 4.06. The summed E-state index contributed by atoms with van der Waals surface area (Å²) in [5, 5.41) is 22.0. The Morgan fingerprint density at radius 2 is 1.61 bits per heavy atom. The fourth-order valence-corrected chi connectivity index (χ4v) is 3.10. The molecule has 2 nitrogen and oxygen atoms in total. The molecular formula is C16H18O2. The van der Waals surface area contributed by atoms with Crippen molar-refractivity contribution in [2.24, 2.45) is 0 Å². The predicted molar refractivity (Wildman–Crippen MR) is 72.8 cm³/mol. The standard InChI is InChI=1S/C16H18O2/c17-15-8-4-3-7-14(15)12-9-10-16(18)13-6-2-1-5-11(12)13/h1-2,5-6,9-10,14-15,17-18H,3-4,7-8H2. The molecule has 1 aliphatic carbocycles. The number of aromatic hydroxyl groups is 1. The number of hydrogen-bond donors (Lipinski definition) is 2. The van der Waals surface area contributed by atoms with Crippen molar-refractivity contribution in [3.8, 4) is 5.75 Å². The molecule has 0 aliphatic heterocycles. The minimum Gasteiger partial charge on any atom is -0.507 e. The maximum absolute atomic E-state index is 10.2. The van der Waals surface area contributed by atoms with E-state index in [-0.39, 0.29) is 12.0 Å². The van der Waals surface area contributed by atoms with Gasteiger partial charge in [0.1, 0.15) is 5.75 Å². The van der Waals surface area contributed by atoms with Gasteiger partial charge in [-0.05, 0) is 29.9 Å². The summed E-state index contributed by atoms with van der Waals surface area (Å²) >= 11 is 0. The topological polar surface area (TPSA) is 40.5 Å². The number of phenols is 1. The molecular weight excluding hydrogens is 224 g/mol. The number of aliphatic hydroxyl groups excluding tert-OH is 1. The van der Waals surface area contributed by atoms with Crippen molar-refractivity contribution in [3.05, 3.63) is 42.0 Å². The average molecular weight is 242 g/mol. The fourth-order valence-electron chi connectivity index (χ4n) is 3.10. The van der Waals surface area contributed by atoms with Crippen LogP contribution >= 0.6 is 0 Å². The molecule has 1 aliphatic rings. The molecule has 2 atom stereocenters. The number of fused-ring (bicyclic) bond motifs is 1. The molecule has 2 aromatic rings. The first-order chi connectivity index (χ1) is 8.77. The van der Waals surface area contributed by atoms with E-state index in [0.717, 1.165) is 30.0 Å². The van der Waals surface area contributed by atoms with Gasteiger partial charge in [-0.2, -0.15) is 0 Å². The molecule has 0 aromatic heterocycles. The van der Waals surface area contributed by atoms with E-state index >= 15 is 0 Å². The Kier molecular flexibility index (Phi) is 2.96. The summed E-state index contributed by atoms with van der Waals surface area (Å²) in [6.07, 6.45) is 3.98. The van der Waals surface area contributed by atoms with E-state index in [1.54, 1.807) is 6.07 Å². The van der Waals surface area contributed by atoms with Gasteiger partial charge in [0.05, 0.1) is 6.10 Å². The zero-order valence-corrected chi connectivity index (χ0v) is 10.3. The molecule has 94 valence electrons. The highest BCUT2D eigenvalue weighted by Crippen LogP contribution is 2.38. The summed E-state index contributed by atoms with van der Waals surface area (Å²) in [7, 11) is 0. The van der Waals surface area contributed by atoms with Crippen LogP contribution in [0.15, 0.2) is 36.4 Å². The van der Waals surface area contributed by atoms with Gasteiger partial charge < -0.3 is 10.2 Å². The molecule has 3 rings (SSSR count). The van der Waals surface area contributed by atoms with Crippen LogP contribution in [0.2, 0.25) is 0 Å². The van der Waals surface area contributed by atoms with E-state index in [1.165, 1.54) is 12.0 Å². The number of phenolic OH excluding ortho intramolecular Hbond substituents is 1. The molecule has 1 saturated carbocycles. The maximum Gasteiger partial charge on any atom is 0.123 e. The normalized spacial score (nSPS) is 24.3. The van der Waals surface area contributed by atoms with Crippen LogP contribution in [0.3, 0.4) is 0 Å². The van der Waals surface area contributed by atoms with E-state index in [1.807, 2.05) is 30.3 Å². The third-order valence-corrected chi connectivity index (χ3v) is 4.06. The van der Waals surface area contributed by atoms with Crippen molar-refractivity contribution in [1.29, 1.82) is 0 Å². The third kappa shape index (κ3) is 1.87. The SMILES string of the molecule is Oc1ccc(C2CCCCC2O)c2ccccc12. The molecule has 0 radical (unpaired) electrons. The molecule has 1 fully saturated rings. The lowest BCUT2D eigenvalue weighted by atomic mass is 9.80. The van der Waals surface area contributed by atoms with Crippen molar-refractivity contribution in [2.45, 2.75) is 37.7 Å². The molecule has 0 saturated heterocycles. The van der Waals surface area contributed by atoms with Gasteiger partial charge in [-0.15, -0.1) is 0 Å². The quantitative estimate of drug-likeness (QED) is 0.802. The second-order valence-electron chi connectivity index (χ2n) is 5.18. The Balaban J connectivity index is 2.14. The zero-order chi connectivity index (χ0) is 12.5. The van der Waals surface area contributed by atoms with E-state index < -0.39 is 0 Å². The van der Waals surface area contributed by atoms with Crippen molar-refractivity contribution in [3.63, 3.8) is 0 Å². The summed E-state index contributed by atoms with van der Waals surface area (Å²) in [5.74, 6) is 0.531. The summed E-state index contributed by atoms with van der Waals surface area (Å²) in [5.41, 5.74) is 1.18. The second kappa shape index (κ2) is 4.62. The lowest BCUT2D eigenvalue weighted by Gasteiger charge is -2.29. The Bertz CT molecular complexity index is 562. The smallest absolute Gasteiger partial charge is 0.123 e. The van der Waals surface area contributed by atoms with Gasteiger partial charge in [0, 0.05) is 11.3 Å². The molecule has 2 heteroatoms. The highest BCUT2D eigenvalue weighted by atomic mass is 16.3. The van der Waals surface area contributed by atoms with E-state index in [0.29, 0.717) is 5.75 Å². The van der Waals surface area contributed by atoms with Crippen molar-refractivity contribution >= 4 is 10.8 Å². The van der Waals surface area contributed by atoms with E-state index in [4.69, 9.17) is 0 Å². The van der Waals surface area contributed by atoms with Crippen molar-refractivity contribution < 1.29 is 10.2 Å². The molecule has 2 N–H and O–H groups in total.